The number of carbonyl (C=O) groups excluding carboxylic acids is 5. The van der Waals surface area contributed by atoms with E-state index in [1.165, 1.54) is 29.8 Å². The van der Waals surface area contributed by atoms with Crippen LogP contribution in [0.1, 0.15) is 118 Å². The van der Waals surface area contributed by atoms with E-state index in [9.17, 15) is 54.7 Å². The minimum atomic E-state index is -5.15. The predicted octanol–water partition coefficient (Wildman–Crippen LogP) is 13.0. The Labute approximate surface area is 574 Å². The molecule has 3 fully saturated rings. The minimum absolute atomic E-state index is 0.0273. The number of unbranched alkanes of at least 4 members (excludes halogenated alkanes) is 2. The van der Waals surface area contributed by atoms with Crippen molar-refractivity contribution in [3.63, 3.8) is 0 Å². The fourth-order valence-corrected chi connectivity index (χ4v) is 14.2. The largest absolute Gasteiger partial charge is 0.446 e. The Morgan fingerprint density at radius 2 is 1.27 bits per heavy atom. The van der Waals surface area contributed by atoms with Gasteiger partial charge in [0.1, 0.15) is 30.9 Å². The lowest BCUT2D eigenvalue weighted by Crippen LogP contribution is -2.50. The summed E-state index contributed by atoms with van der Waals surface area (Å²) >= 11 is 0. The molecule has 3 aliphatic heterocycles. The monoisotopic (exact) mass is 1370 g/mol. The van der Waals surface area contributed by atoms with Crippen LogP contribution < -0.4 is 5.32 Å². The van der Waals surface area contributed by atoms with Gasteiger partial charge < -0.3 is 48.5 Å². The molecule has 6 aromatic carbocycles. The fourth-order valence-electron chi connectivity index (χ4n) is 14.2. The Balaban J connectivity index is 0.603. The number of alkyl halides is 6. The summed E-state index contributed by atoms with van der Waals surface area (Å²) in [4.78, 5) is 79.8. The van der Waals surface area contributed by atoms with Crippen LogP contribution in [0.4, 0.5) is 41.2 Å². The summed E-state index contributed by atoms with van der Waals surface area (Å²) in [6.07, 6.45) is -3.81. The van der Waals surface area contributed by atoms with Crippen LogP contribution in [-0.2, 0) is 60.1 Å². The molecule has 0 bridgehead atoms. The molecule has 530 valence electrons. The van der Waals surface area contributed by atoms with Crippen LogP contribution in [0.25, 0.3) is 11.1 Å². The van der Waals surface area contributed by atoms with Gasteiger partial charge in [0.15, 0.2) is 0 Å². The van der Waals surface area contributed by atoms with Crippen molar-refractivity contribution in [2.45, 2.75) is 113 Å². The zero-order chi connectivity index (χ0) is 70.5. The van der Waals surface area contributed by atoms with Crippen LogP contribution >= 0.6 is 0 Å². The number of hydrogen-bond acceptors (Lipinski definition) is 11. The number of hydrogen-bond donors (Lipinski definition) is 1. The third kappa shape index (κ3) is 19.0. The highest BCUT2D eigenvalue weighted by molar-refractivity contribution is 5.95. The number of halogens is 7. The smallest absolute Gasteiger partial charge is 0.416 e. The Kier molecular flexibility index (Phi) is 24.4. The first kappa shape index (κ1) is 73.5. The van der Waals surface area contributed by atoms with Gasteiger partial charge in [-0.1, -0.05) is 103 Å². The number of carbonyl (C=O) groups is 5. The summed E-state index contributed by atoms with van der Waals surface area (Å²) in [6, 6.07) is 39.6. The molecule has 6 aromatic rings. The molecule has 3 heterocycles. The van der Waals surface area contributed by atoms with Crippen molar-refractivity contribution in [2.75, 3.05) is 119 Å². The van der Waals surface area contributed by atoms with E-state index < -0.39 is 64.6 Å². The number of fused-ring (bicyclic) bond motifs is 2. The number of likely N-dealkylation sites (N-methyl/N-ethyl adjacent to an activating group) is 2. The quantitative estimate of drug-likeness (QED) is 0.0388. The summed E-state index contributed by atoms with van der Waals surface area (Å²) in [5, 5.41) is 2.94. The molecule has 0 radical (unpaired) electrons. The van der Waals surface area contributed by atoms with Crippen molar-refractivity contribution in [3.05, 3.63) is 196 Å². The van der Waals surface area contributed by atoms with Crippen molar-refractivity contribution >= 4 is 35.4 Å². The molecule has 1 N–H and O–H groups in total. The highest BCUT2D eigenvalue weighted by Crippen LogP contribution is 2.49. The Morgan fingerprint density at radius 1 is 0.636 bits per heavy atom. The van der Waals surface area contributed by atoms with Gasteiger partial charge in [-0.2, -0.15) is 26.3 Å². The molecule has 0 aromatic heterocycles. The van der Waals surface area contributed by atoms with Gasteiger partial charge in [0.2, 0.25) is 11.8 Å². The second-order valence-electron chi connectivity index (χ2n) is 26.9. The number of rotatable bonds is 27. The van der Waals surface area contributed by atoms with Crippen molar-refractivity contribution in [1.29, 1.82) is 0 Å². The molecule has 99 heavy (non-hydrogen) atoms. The normalized spacial score (nSPS) is 18.1. The van der Waals surface area contributed by atoms with Crippen LogP contribution in [0.3, 0.4) is 0 Å². The Morgan fingerprint density at radius 3 is 1.97 bits per heavy atom. The lowest BCUT2D eigenvalue weighted by atomic mass is 9.72. The second kappa shape index (κ2) is 32.8. The van der Waals surface area contributed by atoms with Gasteiger partial charge in [-0.15, -0.1) is 0 Å². The molecular weight excluding hydrogens is 1290 g/mol. The van der Waals surface area contributed by atoms with Gasteiger partial charge in [-0.3, -0.25) is 24.5 Å². The van der Waals surface area contributed by atoms with Gasteiger partial charge >= 0.3 is 18.4 Å². The molecule has 0 unspecified atom stereocenters. The third-order valence-corrected chi connectivity index (χ3v) is 20.1. The number of amides is 5. The minimum Gasteiger partial charge on any atom is -0.446 e. The number of benzene rings is 6. The number of nitrogens with one attached hydrogen (secondary N) is 1. The molecule has 0 saturated carbocycles. The zero-order valence-electron chi connectivity index (χ0n) is 56.7. The van der Waals surface area contributed by atoms with Gasteiger partial charge in [-0.25, -0.2) is 9.18 Å². The van der Waals surface area contributed by atoms with E-state index in [2.05, 4.69) is 39.2 Å². The predicted molar refractivity (Wildman–Crippen MR) is 363 cm³/mol. The van der Waals surface area contributed by atoms with Crippen LogP contribution in [0.2, 0.25) is 0 Å². The Hall–Kier alpha value is -8.22. The molecule has 1 aliphatic carbocycles. The molecule has 1 spiro atoms. The summed E-state index contributed by atoms with van der Waals surface area (Å²) in [6.45, 7) is 6.24. The number of piperidine rings is 2. The maximum atomic E-state index is 14.2. The molecule has 4 aliphatic rings. The first-order valence-corrected chi connectivity index (χ1v) is 34.1. The first-order chi connectivity index (χ1) is 47.4. The average molecular weight is 1380 g/mol. The molecule has 16 nitrogen and oxygen atoms in total. The van der Waals surface area contributed by atoms with Gasteiger partial charge in [0, 0.05) is 102 Å². The standard InChI is InChI=1S/C76H89F7N8O8/c1-85(36-14-6-9-22-68(92)87(3)44-45-89-39-31-63(32-40-89)99-72(96)84-66-21-13-11-19-64(66)55-16-7-5-8-17-55)50-54-23-25-56(26-24-54)70(94)88(4)38-15-37-86(2)69(93)51-97-67-48-57-18-10-12-20-65(57)73(67)33-41-90(42-34-73)43-35-74(59-27-29-62(77)30-28-59)52-91(53-98-74)71(95)58-46-60(75(78,79)80)49-61(47-58)76(81,82)83/h5,7-8,10-13,16-21,23-30,46-47,49,63,67H,6,9,14-15,22,31-45,48,50-53H2,1-4H3,(H,84,96)/t67-,74-/m0/s1. The SMILES string of the molecule is CN(CCCCCC(=O)N(C)CCN1CCC(OC(=O)Nc2ccccc2-c2ccccc2)CC1)Cc1ccc(C(=O)N(C)CCCN(C)C(=O)CO[C@H]2Cc3ccccc3C23CCN(CC[C@@]2(c4ccc(F)cc4)CN(C(=O)c4cc(C(F)(F)F)cc(C(F)(F)F)c4)CO2)CC3)cc1. The molecule has 2 atom stereocenters. The zero-order valence-corrected chi connectivity index (χ0v) is 56.7. The van der Waals surface area contributed by atoms with Crippen molar-refractivity contribution in [2.24, 2.45) is 0 Å². The Bertz CT molecular complexity index is 3680. The van der Waals surface area contributed by atoms with Crippen molar-refractivity contribution in [1.82, 2.24) is 34.3 Å². The lowest BCUT2D eigenvalue weighted by Gasteiger charge is -2.44. The number of likely N-dealkylation sites (tertiary alicyclic amines) is 2. The third-order valence-electron chi connectivity index (χ3n) is 20.1. The maximum absolute atomic E-state index is 14.2. The molecule has 23 heteroatoms. The van der Waals surface area contributed by atoms with E-state index in [1.54, 1.807) is 23.9 Å². The van der Waals surface area contributed by atoms with Gasteiger partial charge in [0.25, 0.3) is 11.8 Å². The van der Waals surface area contributed by atoms with Crippen LogP contribution in [0.5, 0.6) is 0 Å². The van der Waals surface area contributed by atoms with E-state index in [1.807, 2.05) is 103 Å². The topological polar surface area (TPSA) is 148 Å². The fraction of sp³-hybridized carbons (Fsp3) is 0.461. The number of para-hydroxylation sites is 1. The second-order valence-corrected chi connectivity index (χ2v) is 26.9. The number of ether oxygens (including phenoxy) is 3. The first-order valence-electron chi connectivity index (χ1n) is 34.1. The van der Waals surface area contributed by atoms with E-state index in [4.69, 9.17) is 14.2 Å². The maximum Gasteiger partial charge on any atom is 0.416 e. The number of anilines is 1. The highest BCUT2D eigenvalue weighted by atomic mass is 19.4. The molecule has 10 rings (SSSR count). The van der Waals surface area contributed by atoms with Crippen LogP contribution in [0, 0.1) is 5.82 Å². The van der Waals surface area contributed by atoms with E-state index in [-0.39, 0.29) is 55.6 Å². The summed E-state index contributed by atoms with van der Waals surface area (Å²) < 4.78 is 116. The average Bonchev–Trinajstić information content (AvgIpc) is 1.63. The molecule has 3 saturated heterocycles. The van der Waals surface area contributed by atoms with Crippen LogP contribution in [-0.4, -0.2) is 190 Å². The summed E-state index contributed by atoms with van der Waals surface area (Å²) in [5.41, 5.74) is 1.43. The highest BCUT2D eigenvalue weighted by Gasteiger charge is 2.50. The van der Waals surface area contributed by atoms with Crippen LogP contribution in [0.15, 0.2) is 146 Å². The number of nitrogens with zero attached hydrogens (tertiary/aromatic N) is 7. The summed E-state index contributed by atoms with van der Waals surface area (Å²) in [7, 11) is 7.40. The summed E-state index contributed by atoms with van der Waals surface area (Å²) in [5.74, 6) is -1.78. The van der Waals surface area contributed by atoms with E-state index in [0.717, 1.165) is 85.4 Å². The molecular formula is C76H89F7N8O8. The van der Waals surface area contributed by atoms with Gasteiger partial charge in [-0.05, 0) is 161 Å². The van der Waals surface area contributed by atoms with E-state index >= 15 is 0 Å². The van der Waals surface area contributed by atoms with E-state index in [0.29, 0.717) is 107 Å². The van der Waals surface area contributed by atoms with Crippen molar-refractivity contribution in [3.8, 4) is 11.1 Å². The molecule has 5 amide bonds. The van der Waals surface area contributed by atoms with Crippen molar-refractivity contribution < 1.29 is 68.9 Å². The van der Waals surface area contributed by atoms with Gasteiger partial charge in [0.05, 0.1) is 29.5 Å². The lowest BCUT2D eigenvalue weighted by molar-refractivity contribution is -0.143.